The first-order chi connectivity index (χ1) is 5.24. The zero-order valence-electron chi connectivity index (χ0n) is 6.42. The highest BCUT2D eigenvalue weighted by Crippen LogP contribution is 2.04. The van der Waals surface area contributed by atoms with Crippen molar-refractivity contribution in [3.63, 3.8) is 0 Å². The van der Waals surface area contributed by atoms with Gasteiger partial charge in [0.2, 0.25) is 0 Å². The first kappa shape index (κ1) is 8.43. The van der Waals surface area contributed by atoms with Crippen LogP contribution >= 0.6 is 12.2 Å². The third-order valence-electron chi connectivity index (χ3n) is 1.61. The predicted molar refractivity (Wildman–Crippen MR) is 47.2 cm³/mol. The van der Waals surface area contributed by atoms with E-state index in [0.29, 0.717) is 6.42 Å². The zero-order valence-corrected chi connectivity index (χ0v) is 7.24. The lowest BCUT2D eigenvalue weighted by atomic mass is 10.1. The second-order valence-electron chi connectivity index (χ2n) is 2.45. The number of hydrogen-bond donors (Lipinski definition) is 2. The molecule has 0 amide bonds. The monoisotopic (exact) mass is 169 g/mol. The molecule has 2 nitrogen and oxygen atoms in total. The summed E-state index contributed by atoms with van der Waals surface area (Å²) in [6.07, 6.45) is 0.692. The van der Waals surface area contributed by atoms with E-state index in [9.17, 15) is 0 Å². The minimum Gasteiger partial charge on any atom is -0.396 e. The molecule has 3 heteroatoms. The Bertz CT molecular complexity index is 292. The van der Waals surface area contributed by atoms with Crippen molar-refractivity contribution in [3.05, 3.63) is 28.0 Å². The first-order valence-corrected chi connectivity index (χ1v) is 3.94. The molecule has 0 bridgehead atoms. The standard InChI is InChI=1S/C8H11NOS/c1-6-7(4-5-10)2-3-8(11)9-6/h2-3,10H,4-5H2,1H3,(H,9,11). The molecule has 1 aromatic heterocycles. The van der Waals surface area contributed by atoms with Gasteiger partial charge in [0.05, 0.1) is 0 Å². The van der Waals surface area contributed by atoms with E-state index >= 15 is 0 Å². The lowest BCUT2D eigenvalue weighted by Crippen LogP contribution is -1.95. The maximum absolute atomic E-state index is 8.67. The molecule has 0 fully saturated rings. The first-order valence-electron chi connectivity index (χ1n) is 3.53. The smallest absolute Gasteiger partial charge is 0.103 e. The van der Waals surface area contributed by atoms with E-state index in [1.165, 1.54) is 0 Å². The number of nitrogens with one attached hydrogen (secondary N) is 1. The molecule has 0 aliphatic rings. The number of aromatic nitrogens is 1. The van der Waals surface area contributed by atoms with Crippen LogP contribution in [0, 0.1) is 11.6 Å². The Kier molecular flexibility index (Phi) is 2.79. The maximum Gasteiger partial charge on any atom is 0.103 e. The van der Waals surface area contributed by atoms with Crippen molar-refractivity contribution in [1.29, 1.82) is 0 Å². The number of rotatable bonds is 2. The van der Waals surface area contributed by atoms with Gasteiger partial charge in [-0.2, -0.15) is 0 Å². The van der Waals surface area contributed by atoms with E-state index in [1.807, 2.05) is 19.1 Å². The summed E-state index contributed by atoms with van der Waals surface area (Å²) in [5, 5.41) is 8.67. The summed E-state index contributed by atoms with van der Waals surface area (Å²) in [7, 11) is 0. The van der Waals surface area contributed by atoms with Crippen molar-refractivity contribution in [2.24, 2.45) is 0 Å². The van der Waals surface area contributed by atoms with Gasteiger partial charge in [0.15, 0.2) is 0 Å². The SMILES string of the molecule is Cc1[nH]c(=S)ccc1CCO. The Labute approximate surface area is 70.9 Å². The largest absolute Gasteiger partial charge is 0.396 e. The highest BCUT2D eigenvalue weighted by molar-refractivity contribution is 7.71. The third kappa shape index (κ3) is 2.13. The summed E-state index contributed by atoms with van der Waals surface area (Å²) >= 11 is 4.93. The topological polar surface area (TPSA) is 36.0 Å². The van der Waals surface area contributed by atoms with Crippen molar-refractivity contribution in [2.45, 2.75) is 13.3 Å². The van der Waals surface area contributed by atoms with Crippen LogP contribution in [0.2, 0.25) is 0 Å². The Morgan fingerprint density at radius 1 is 1.55 bits per heavy atom. The Morgan fingerprint density at radius 2 is 2.27 bits per heavy atom. The van der Waals surface area contributed by atoms with Crippen LogP contribution in [0.5, 0.6) is 0 Å². The molecule has 0 atom stereocenters. The summed E-state index contributed by atoms with van der Waals surface area (Å²) in [6.45, 7) is 2.15. The summed E-state index contributed by atoms with van der Waals surface area (Å²) in [6, 6.07) is 3.79. The normalized spacial score (nSPS) is 10.0. The number of aliphatic hydroxyl groups is 1. The molecule has 0 saturated heterocycles. The minimum atomic E-state index is 0.186. The predicted octanol–water partition coefficient (Wildman–Crippen LogP) is 1.59. The summed E-state index contributed by atoms with van der Waals surface area (Å²) in [5.41, 5.74) is 2.17. The lowest BCUT2D eigenvalue weighted by molar-refractivity contribution is 0.299. The number of hydrogen-bond acceptors (Lipinski definition) is 2. The minimum absolute atomic E-state index is 0.186. The fourth-order valence-corrected chi connectivity index (χ4v) is 1.22. The number of aryl methyl sites for hydroxylation is 1. The average molecular weight is 169 g/mol. The molecule has 0 spiro atoms. The molecule has 0 unspecified atom stereocenters. The van der Waals surface area contributed by atoms with Gasteiger partial charge < -0.3 is 10.1 Å². The molecule has 1 heterocycles. The molecule has 0 aromatic carbocycles. The fourth-order valence-electron chi connectivity index (χ4n) is 0.999. The number of aromatic amines is 1. The Hall–Kier alpha value is -0.670. The van der Waals surface area contributed by atoms with Gasteiger partial charge in [-0.25, -0.2) is 0 Å². The maximum atomic E-state index is 8.67. The van der Waals surface area contributed by atoms with Crippen LogP contribution in [0.15, 0.2) is 12.1 Å². The molecule has 1 aromatic rings. The molecule has 60 valence electrons. The van der Waals surface area contributed by atoms with Crippen molar-refractivity contribution in [2.75, 3.05) is 6.61 Å². The van der Waals surface area contributed by atoms with E-state index in [2.05, 4.69) is 4.98 Å². The van der Waals surface area contributed by atoms with E-state index in [1.54, 1.807) is 0 Å². The molecule has 0 radical (unpaired) electrons. The third-order valence-corrected chi connectivity index (χ3v) is 1.85. The van der Waals surface area contributed by atoms with Gasteiger partial charge in [0.1, 0.15) is 4.64 Å². The average Bonchev–Trinajstić information content (AvgIpc) is 1.95. The van der Waals surface area contributed by atoms with Crippen molar-refractivity contribution in [3.8, 4) is 0 Å². The van der Waals surface area contributed by atoms with Crippen LogP contribution < -0.4 is 0 Å². The van der Waals surface area contributed by atoms with Gasteiger partial charge in [0, 0.05) is 12.3 Å². The molecule has 0 aliphatic carbocycles. The lowest BCUT2D eigenvalue weighted by Gasteiger charge is -2.01. The van der Waals surface area contributed by atoms with Crippen LogP contribution in [0.1, 0.15) is 11.3 Å². The van der Waals surface area contributed by atoms with Crippen molar-refractivity contribution >= 4 is 12.2 Å². The second kappa shape index (κ2) is 3.64. The summed E-state index contributed by atoms with van der Waals surface area (Å²) in [5.74, 6) is 0. The van der Waals surface area contributed by atoms with E-state index < -0.39 is 0 Å². The van der Waals surface area contributed by atoms with E-state index in [4.69, 9.17) is 17.3 Å². The van der Waals surface area contributed by atoms with Crippen LogP contribution in [0.3, 0.4) is 0 Å². The molecule has 2 N–H and O–H groups in total. The fraction of sp³-hybridized carbons (Fsp3) is 0.375. The molecular formula is C8H11NOS. The van der Waals surface area contributed by atoms with Gasteiger partial charge in [-0.1, -0.05) is 18.3 Å². The van der Waals surface area contributed by atoms with Crippen molar-refractivity contribution in [1.82, 2.24) is 4.98 Å². The van der Waals surface area contributed by atoms with Gasteiger partial charge in [-0.05, 0) is 25.0 Å². The van der Waals surface area contributed by atoms with Gasteiger partial charge in [-0.15, -0.1) is 0 Å². The van der Waals surface area contributed by atoms with Gasteiger partial charge in [0.25, 0.3) is 0 Å². The second-order valence-corrected chi connectivity index (χ2v) is 2.89. The van der Waals surface area contributed by atoms with Crippen LogP contribution in [-0.2, 0) is 6.42 Å². The van der Waals surface area contributed by atoms with Gasteiger partial charge in [-0.3, -0.25) is 0 Å². The van der Waals surface area contributed by atoms with Crippen LogP contribution in [-0.4, -0.2) is 16.7 Å². The van der Waals surface area contributed by atoms with E-state index in [0.717, 1.165) is 15.9 Å². The Balaban J connectivity index is 2.99. The molecule has 0 aliphatic heterocycles. The highest BCUT2D eigenvalue weighted by Gasteiger charge is 1.95. The Morgan fingerprint density at radius 3 is 2.82 bits per heavy atom. The van der Waals surface area contributed by atoms with Crippen molar-refractivity contribution < 1.29 is 5.11 Å². The molecule has 1 rings (SSSR count). The van der Waals surface area contributed by atoms with Crippen LogP contribution in [0.25, 0.3) is 0 Å². The molecular weight excluding hydrogens is 158 g/mol. The van der Waals surface area contributed by atoms with Gasteiger partial charge >= 0.3 is 0 Å². The van der Waals surface area contributed by atoms with Crippen LogP contribution in [0.4, 0.5) is 0 Å². The summed E-state index contributed by atoms with van der Waals surface area (Å²) < 4.78 is 0.740. The molecule has 0 saturated carbocycles. The number of pyridine rings is 1. The van der Waals surface area contributed by atoms with E-state index in [-0.39, 0.29) is 6.61 Å². The number of H-pyrrole nitrogens is 1. The zero-order chi connectivity index (χ0) is 8.27. The quantitative estimate of drug-likeness (QED) is 0.659. The molecule has 11 heavy (non-hydrogen) atoms. The number of aliphatic hydroxyl groups excluding tert-OH is 1. The summed E-state index contributed by atoms with van der Waals surface area (Å²) in [4.78, 5) is 3.03. The highest BCUT2D eigenvalue weighted by atomic mass is 32.1.